The molecule has 47 heavy (non-hydrogen) atoms. The lowest BCUT2D eigenvalue weighted by molar-refractivity contribution is -0.153. The molecule has 2 fully saturated rings. The topological polar surface area (TPSA) is 165 Å². The van der Waals surface area contributed by atoms with Crippen LogP contribution in [0.1, 0.15) is 55.4 Å². The molecular weight excluding hydrogens is 622 g/mol. The van der Waals surface area contributed by atoms with E-state index >= 15 is 0 Å². The molecule has 0 unspecified atom stereocenters. The minimum Gasteiger partial charge on any atom is -0.508 e. The van der Waals surface area contributed by atoms with Gasteiger partial charge in [0.15, 0.2) is 11.4 Å². The average molecular weight is 664 g/mol. The number of phenols is 1. The minimum atomic E-state index is -2.68. The maximum absolute atomic E-state index is 14.1. The van der Waals surface area contributed by atoms with Gasteiger partial charge in [-0.1, -0.05) is 55.8 Å². The van der Waals surface area contributed by atoms with Crippen LogP contribution in [0.15, 0.2) is 53.3 Å². The van der Waals surface area contributed by atoms with Crippen molar-refractivity contribution in [2.24, 2.45) is 23.5 Å². The molecule has 4 atom stereocenters. The molecule has 2 saturated carbocycles. The van der Waals surface area contributed by atoms with Crippen molar-refractivity contribution in [3.8, 4) is 5.75 Å². The molecule has 4 aliphatic rings. The molecule has 0 bridgehead atoms. The first-order chi connectivity index (χ1) is 22.1. The van der Waals surface area contributed by atoms with Crippen LogP contribution in [0.4, 0.5) is 0 Å². The molecule has 1 amide bonds. The third-order valence-corrected chi connectivity index (χ3v) is 11.0. The zero-order chi connectivity index (χ0) is 34.2. The summed E-state index contributed by atoms with van der Waals surface area (Å²) >= 11 is 7.09. The fraction of sp³-hybridized carbons (Fsp3) is 0.472. The van der Waals surface area contributed by atoms with Gasteiger partial charge < -0.3 is 26.2 Å². The monoisotopic (exact) mass is 663 g/mol. The fourth-order valence-electron chi connectivity index (χ4n) is 8.09. The van der Waals surface area contributed by atoms with Crippen molar-refractivity contribution < 1.29 is 34.8 Å². The maximum Gasteiger partial charge on any atom is 0.255 e. The molecule has 0 aliphatic heterocycles. The number of carbonyl (C=O) groups excluding carboxylic acids is 3. The summed E-state index contributed by atoms with van der Waals surface area (Å²) in [7, 11) is 3.14. The van der Waals surface area contributed by atoms with E-state index < -0.39 is 58.0 Å². The largest absolute Gasteiger partial charge is 0.508 e. The second kappa shape index (κ2) is 11.8. The summed E-state index contributed by atoms with van der Waals surface area (Å²) in [6.45, 7) is 6.49. The SMILES string of the molecule is CN(C)[C@@H]1C(=O)C(C(N)=O)=C(O)[C@@]2(O)C(=O)C3=C(O)c4c(O)cc(CN(CC5CC5)CC(C)(C)c5ccccc5)c(Cl)c4C[C@H]3C[C@@H]12. The number of amides is 1. The van der Waals surface area contributed by atoms with Crippen molar-refractivity contribution in [1.29, 1.82) is 0 Å². The van der Waals surface area contributed by atoms with Gasteiger partial charge in [-0.3, -0.25) is 24.2 Å². The van der Waals surface area contributed by atoms with Crippen LogP contribution >= 0.6 is 11.6 Å². The zero-order valence-electron chi connectivity index (χ0n) is 27.1. The van der Waals surface area contributed by atoms with Gasteiger partial charge in [-0.25, -0.2) is 0 Å². The smallest absolute Gasteiger partial charge is 0.255 e. The summed E-state index contributed by atoms with van der Waals surface area (Å²) in [4.78, 5) is 43.5. The molecule has 6 rings (SSSR count). The number of fused-ring (bicyclic) bond motifs is 3. The lowest BCUT2D eigenvalue weighted by Gasteiger charge is -2.50. The first kappa shape index (κ1) is 33.2. The molecule has 0 aromatic heterocycles. The Kier molecular flexibility index (Phi) is 8.32. The van der Waals surface area contributed by atoms with Crippen LogP contribution in [0.2, 0.25) is 5.02 Å². The number of hydrogen-bond acceptors (Lipinski definition) is 9. The fourth-order valence-corrected chi connectivity index (χ4v) is 8.38. The lowest BCUT2D eigenvalue weighted by Crippen LogP contribution is -2.65. The second-order valence-corrected chi connectivity index (χ2v) is 14.9. The van der Waals surface area contributed by atoms with E-state index in [0.29, 0.717) is 28.6 Å². The number of aromatic hydroxyl groups is 1. The minimum absolute atomic E-state index is 0.00610. The number of nitrogens with zero attached hydrogens (tertiary/aromatic N) is 2. The van der Waals surface area contributed by atoms with Crippen molar-refractivity contribution in [3.05, 3.63) is 80.6 Å². The van der Waals surface area contributed by atoms with Crippen molar-refractivity contribution in [1.82, 2.24) is 9.80 Å². The number of Topliss-reactive ketones (excluding diaryl/α,β-unsaturated/α-hetero) is 2. The number of aliphatic hydroxyl groups excluding tert-OH is 2. The Morgan fingerprint density at radius 1 is 1.11 bits per heavy atom. The molecule has 0 saturated heterocycles. The predicted molar refractivity (Wildman–Crippen MR) is 177 cm³/mol. The molecule has 10 nitrogen and oxygen atoms in total. The molecule has 4 aliphatic carbocycles. The van der Waals surface area contributed by atoms with E-state index in [0.717, 1.165) is 25.9 Å². The number of hydrogen-bond donors (Lipinski definition) is 5. The highest BCUT2D eigenvalue weighted by Crippen LogP contribution is 2.53. The molecule has 0 radical (unpaired) electrons. The Labute approximate surface area is 279 Å². The summed E-state index contributed by atoms with van der Waals surface area (Å²) < 4.78 is 0. The van der Waals surface area contributed by atoms with Crippen LogP contribution in [0, 0.1) is 17.8 Å². The van der Waals surface area contributed by atoms with Crippen LogP contribution in [0.25, 0.3) is 5.76 Å². The highest BCUT2D eigenvalue weighted by molar-refractivity contribution is 6.32. The van der Waals surface area contributed by atoms with Crippen molar-refractivity contribution >= 4 is 34.8 Å². The number of aliphatic hydroxyl groups is 3. The van der Waals surface area contributed by atoms with Crippen molar-refractivity contribution in [2.75, 3.05) is 27.2 Å². The highest BCUT2D eigenvalue weighted by atomic mass is 35.5. The summed E-state index contributed by atoms with van der Waals surface area (Å²) in [5.74, 6) is -6.27. The van der Waals surface area contributed by atoms with E-state index in [9.17, 15) is 34.8 Å². The molecule has 11 heteroatoms. The Balaban J connectivity index is 1.39. The molecule has 0 heterocycles. The van der Waals surface area contributed by atoms with Crippen molar-refractivity contribution in [3.63, 3.8) is 0 Å². The third kappa shape index (κ3) is 5.45. The summed E-state index contributed by atoms with van der Waals surface area (Å²) in [6, 6.07) is 10.7. The quantitative estimate of drug-likeness (QED) is 0.251. The Bertz CT molecular complexity index is 1730. The van der Waals surface area contributed by atoms with E-state index in [2.05, 4.69) is 30.9 Å². The van der Waals surface area contributed by atoms with Gasteiger partial charge in [0.1, 0.15) is 22.8 Å². The van der Waals surface area contributed by atoms with Crippen LogP contribution in [0.3, 0.4) is 0 Å². The first-order valence-electron chi connectivity index (χ1n) is 16.0. The van der Waals surface area contributed by atoms with Gasteiger partial charge in [-0.2, -0.15) is 0 Å². The normalized spacial score (nSPS) is 26.1. The van der Waals surface area contributed by atoms with Gasteiger partial charge in [-0.15, -0.1) is 0 Å². The van der Waals surface area contributed by atoms with Crippen LogP contribution < -0.4 is 5.73 Å². The van der Waals surface area contributed by atoms with Gasteiger partial charge in [0.25, 0.3) is 5.91 Å². The number of phenolic OH excluding ortho intramolecular Hbond substituents is 1. The number of carbonyl (C=O) groups is 3. The maximum atomic E-state index is 14.1. The van der Waals surface area contributed by atoms with E-state index in [4.69, 9.17) is 17.3 Å². The zero-order valence-corrected chi connectivity index (χ0v) is 27.8. The number of benzene rings is 2. The average Bonchev–Trinajstić information content (AvgIpc) is 3.81. The number of rotatable bonds is 9. The van der Waals surface area contributed by atoms with Gasteiger partial charge in [-0.05, 0) is 74.4 Å². The van der Waals surface area contributed by atoms with E-state index in [1.54, 1.807) is 14.1 Å². The van der Waals surface area contributed by atoms with Gasteiger partial charge in [0.05, 0.1) is 11.6 Å². The molecule has 6 N–H and O–H groups in total. The van der Waals surface area contributed by atoms with E-state index in [1.807, 2.05) is 18.2 Å². The Morgan fingerprint density at radius 2 is 1.77 bits per heavy atom. The summed E-state index contributed by atoms with van der Waals surface area (Å²) in [5, 5.41) is 46.1. The first-order valence-corrected chi connectivity index (χ1v) is 16.4. The molecular formula is C36H42ClN3O7. The Hall–Kier alpha value is -3.70. The predicted octanol–water partition coefficient (Wildman–Crippen LogP) is 3.81. The molecule has 250 valence electrons. The standard InChI is InChI=1S/C36H42ClN3O7/c1-35(2,21-8-6-5-7-9-21)17-40(15-18-10-11-18)16-20-14-24(41)26-22(28(20)37)12-19-13-23-29(39(3)4)31(43)27(34(38)46)33(45)36(23,47)32(44)25(19)30(26)42/h5-9,14,18-19,23,29,41-42,45,47H,10-13,15-17H2,1-4H3,(H2,38,46)/t19-,23-,29-,36-/m0/s1. The summed E-state index contributed by atoms with van der Waals surface area (Å²) in [6.07, 6.45) is 2.48. The highest BCUT2D eigenvalue weighted by Gasteiger charge is 2.64. The van der Waals surface area contributed by atoms with Crippen molar-refractivity contribution in [2.45, 2.75) is 63.1 Å². The third-order valence-electron chi connectivity index (χ3n) is 10.5. The number of nitrogens with two attached hydrogens (primary N) is 1. The number of halogens is 1. The second-order valence-electron chi connectivity index (χ2n) is 14.5. The number of ketones is 2. The van der Waals surface area contributed by atoms with Gasteiger partial charge >= 0.3 is 0 Å². The van der Waals surface area contributed by atoms with Crippen LogP contribution in [-0.4, -0.2) is 86.5 Å². The molecule has 2 aromatic carbocycles. The molecule has 0 spiro atoms. The van der Waals surface area contributed by atoms with E-state index in [1.165, 1.54) is 16.5 Å². The van der Waals surface area contributed by atoms with Crippen LogP contribution in [-0.2, 0) is 32.8 Å². The van der Waals surface area contributed by atoms with Crippen LogP contribution in [0.5, 0.6) is 5.75 Å². The Morgan fingerprint density at radius 3 is 2.36 bits per heavy atom. The molecule has 2 aromatic rings. The summed E-state index contributed by atoms with van der Waals surface area (Å²) in [5.41, 5.74) is 3.89. The lowest BCUT2D eigenvalue weighted by atomic mass is 9.57. The number of likely N-dealkylation sites (N-methyl/N-ethyl adjacent to an activating group) is 1. The van der Waals surface area contributed by atoms with E-state index in [-0.39, 0.29) is 35.1 Å². The number of primary amides is 1. The van der Waals surface area contributed by atoms with Gasteiger partial charge in [0, 0.05) is 41.6 Å². The van der Waals surface area contributed by atoms with Gasteiger partial charge in [0.2, 0.25) is 5.78 Å².